The summed E-state index contributed by atoms with van der Waals surface area (Å²) >= 11 is 3.77. The molecule has 59 heavy (non-hydrogen) atoms. The maximum Gasteiger partial charge on any atom is 0.0554 e. The van der Waals surface area contributed by atoms with Crippen LogP contribution >= 0.6 is 22.7 Å². The molecular formula is C56H35NS2. The summed E-state index contributed by atoms with van der Waals surface area (Å²) in [5.41, 5.74) is 18.6. The summed E-state index contributed by atoms with van der Waals surface area (Å²) in [7, 11) is 0. The van der Waals surface area contributed by atoms with Crippen molar-refractivity contribution in [3.8, 4) is 44.5 Å². The predicted octanol–water partition coefficient (Wildman–Crippen LogP) is 16.6. The summed E-state index contributed by atoms with van der Waals surface area (Å²) in [6.07, 6.45) is 1.06. The van der Waals surface area contributed by atoms with Gasteiger partial charge in [-0.25, -0.2) is 0 Å². The molecule has 3 heteroatoms. The van der Waals surface area contributed by atoms with E-state index in [9.17, 15) is 0 Å². The van der Waals surface area contributed by atoms with Gasteiger partial charge in [0.15, 0.2) is 0 Å². The van der Waals surface area contributed by atoms with Crippen LogP contribution in [0.5, 0.6) is 0 Å². The first-order valence-electron chi connectivity index (χ1n) is 20.4. The molecule has 0 aliphatic heterocycles. The van der Waals surface area contributed by atoms with Crippen molar-refractivity contribution in [2.24, 2.45) is 0 Å². The fourth-order valence-electron chi connectivity index (χ4n) is 10.2. The van der Waals surface area contributed by atoms with E-state index in [1.54, 1.807) is 0 Å². The molecule has 2 aromatic heterocycles. The van der Waals surface area contributed by atoms with Gasteiger partial charge in [0.1, 0.15) is 0 Å². The van der Waals surface area contributed by atoms with Gasteiger partial charge in [-0.1, -0.05) is 146 Å². The highest BCUT2D eigenvalue weighted by atomic mass is 32.1. The second kappa shape index (κ2) is 12.9. The molecule has 1 nitrogen and oxygen atoms in total. The molecule has 1 atom stereocenters. The zero-order valence-corrected chi connectivity index (χ0v) is 33.7. The Bertz CT molecular complexity index is 3480. The Balaban J connectivity index is 0.968. The van der Waals surface area contributed by atoms with E-state index in [-0.39, 0.29) is 0 Å². The molecule has 0 N–H and O–H groups in total. The van der Waals surface area contributed by atoms with E-state index in [4.69, 9.17) is 0 Å². The summed E-state index contributed by atoms with van der Waals surface area (Å²) in [5.74, 6) is 0.396. The number of fused-ring (bicyclic) bond motifs is 11. The van der Waals surface area contributed by atoms with Crippen LogP contribution in [0.2, 0.25) is 0 Å². The van der Waals surface area contributed by atoms with Gasteiger partial charge in [-0.3, -0.25) is 0 Å². The largest absolute Gasteiger partial charge is 0.310 e. The topological polar surface area (TPSA) is 3.24 Å². The van der Waals surface area contributed by atoms with E-state index >= 15 is 0 Å². The van der Waals surface area contributed by atoms with Gasteiger partial charge in [0.2, 0.25) is 0 Å². The average molecular weight is 786 g/mol. The van der Waals surface area contributed by atoms with Gasteiger partial charge in [-0.2, -0.15) is 0 Å². The molecule has 0 radical (unpaired) electrons. The third-order valence-corrected chi connectivity index (χ3v) is 15.1. The maximum absolute atomic E-state index is 2.46. The quantitative estimate of drug-likeness (QED) is 0.168. The summed E-state index contributed by atoms with van der Waals surface area (Å²) in [5, 5.41) is 5.21. The van der Waals surface area contributed by atoms with E-state index in [1.807, 2.05) is 22.7 Å². The molecule has 0 fully saturated rings. The van der Waals surface area contributed by atoms with Gasteiger partial charge in [0.25, 0.3) is 0 Å². The second-order valence-electron chi connectivity index (χ2n) is 15.9. The summed E-state index contributed by atoms with van der Waals surface area (Å²) in [6.45, 7) is 0. The fourth-order valence-corrected chi connectivity index (χ4v) is 12.5. The van der Waals surface area contributed by atoms with Crippen LogP contribution in [-0.4, -0.2) is 0 Å². The minimum absolute atomic E-state index is 0.396. The van der Waals surface area contributed by atoms with Crippen LogP contribution < -0.4 is 4.90 Å². The second-order valence-corrected chi connectivity index (χ2v) is 18.1. The van der Waals surface area contributed by atoms with Gasteiger partial charge in [0, 0.05) is 57.6 Å². The van der Waals surface area contributed by atoms with Crippen molar-refractivity contribution in [1.82, 2.24) is 0 Å². The van der Waals surface area contributed by atoms with E-state index in [1.165, 1.54) is 107 Å². The van der Waals surface area contributed by atoms with Gasteiger partial charge < -0.3 is 4.90 Å². The molecule has 2 heterocycles. The zero-order valence-electron chi connectivity index (χ0n) is 32.0. The van der Waals surface area contributed by atoms with Crippen molar-refractivity contribution >= 4 is 80.1 Å². The minimum atomic E-state index is 0.396. The van der Waals surface area contributed by atoms with Crippen LogP contribution in [-0.2, 0) is 6.42 Å². The molecule has 276 valence electrons. The smallest absolute Gasteiger partial charge is 0.0554 e. The third kappa shape index (κ3) is 5.02. The van der Waals surface area contributed by atoms with Crippen molar-refractivity contribution in [3.63, 3.8) is 0 Å². The molecule has 2 aliphatic rings. The fraction of sp³-hybridized carbons (Fsp3) is 0.0357. The minimum Gasteiger partial charge on any atom is -0.310 e. The molecule has 0 spiro atoms. The molecule has 0 saturated carbocycles. The summed E-state index contributed by atoms with van der Waals surface area (Å²) in [4.78, 5) is 2.46. The molecule has 9 aromatic carbocycles. The number of thiophene rings is 2. The van der Waals surface area contributed by atoms with Crippen molar-refractivity contribution in [1.29, 1.82) is 0 Å². The highest BCUT2D eigenvalue weighted by molar-refractivity contribution is 7.26. The standard InChI is InChI=1S/C56H35NS2/c1-2-11-34(12-3-1)35-21-24-38(25-22-35)57(49-18-10-20-51-56(49)47-17-8-9-19-50(47)58-51)39-26-28-45-44-27-23-37(32-52(44)59-53(45)33-39)41-29-30-46-42-15-6-7-16-43(42)48-31-36-13-4-5-14-40(36)54(41)55(46)48/h1-30,32-33,48H,31H2. The average Bonchev–Trinajstić information content (AvgIpc) is 3.97. The van der Waals surface area contributed by atoms with Gasteiger partial charge in [-0.05, 0) is 116 Å². The molecule has 1 unspecified atom stereocenters. The summed E-state index contributed by atoms with van der Waals surface area (Å²) < 4.78 is 5.22. The number of benzene rings is 9. The molecule has 0 saturated heterocycles. The Hall–Kier alpha value is -6.78. The molecule has 2 aliphatic carbocycles. The normalized spacial score (nSPS) is 13.9. The molecule has 11 aromatic rings. The molecule has 0 amide bonds. The lowest BCUT2D eigenvalue weighted by Gasteiger charge is -2.28. The lowest BCUT2D eigenvalue weighted by molar-refractivity contribution is 0.816. The summed E-state index contributed by atoms with van der Waals surface area (Å²) in [6, 6.07) is 72.5. The van der Waals surface area contributed by atoms with Crippen LogP contribution in [0.15, 0.2) is 194 Å². The predicted molar refractivity (Wildman–Crippen MR) is 254 cm³/mol. The first-order chi connectivity index (χ1) is 29.2. The Kier molecular flexibility index (Phi) is 7.24. The lowest BCUT2D eigenvalue weighted by Crippen LogP contribution is -2.10. The Labute approximate surface area is 350 Å². The highest BCUT2D eigenvalue weighted by Gasteiger charge is 2.36. The van der Waals surface area contributed by atoms with Gasteiger partial charge in [0.05, 0.1) is 5.69 Å². The highest BCUT2D eigenvalue weighted by Crippen LogP contribution is 2.56. The molecule has 0 bridgehead atoms. The van der Waals surface area contributed by atoms with E-state index in [0.717, 1.165) is 17.8 Å². The SMILES string of the molecule is c1ccc(-c2ccc(N(c3ccc4c(c3)sc3cc(-c5ccc6c7c5-c5ccccc5CC7c5ccccc5-6)ccc34)c3cccc4sc5ccccc5c34)cc2)cc1. The first-order valence-corrected chi connectivity index (χ1v) is 22.1. The Morgan fingerprint density at radius 3 is 1.97 bits per heavy atom. The van der Waals surface area contributed by atoms with E-state index < -0.39 is 0 Å². The van der Waals surface area contributed by atoms with E-state index in [0.29, 0.717) is 5.92 Å². The Morgan fingerprint density at radius 1 is 0.407 bits per heavy atom. The number of rotatable bonds is 5. The number of nitrogens with zero attached hydrogens (tertiary/aromatic N) is 1. The number of hydrogen-bond donors (Lipinski definition) is 0. The van der Waals surface area contributed by atoms with Crippen LogP contribution in [0.3, 0.4) is 0 Å². The van der Waals surface area contributed by atoms with Crippen LogP contribution in [0, 0.1) is 0 Å². The van der Waals surface area contributed by atoms with Crippen molar-refractivity contribution in [3.05, 3.63) is 211 Å². The van der Waals surface area contributed by atoms with Crippen LogP contribution in [0.4, 0.5) is 17.1 Å². The molecule has 13 rings (SSSR count). The van der Waals surface area contributed by atoms with Crippen molar-refractivity contribution in [2.45, 2.75) is 12.3 Å². The number of hydrogen-bond acceptors (Lipinski definition) is 3. The van der Waals surface area contributed by atoms with Crippen LogP contribution in [0.25, 0.3) is 84.9 Å². The van der Waals surface area contributed by atoms with Crippen LogP contribution in [0.1, 0.15) is 22.6 Å². The van der Waals surface area contributed by atoms with Crippen molar-refractivity contribution < 1.29 is 0 Å². The Morgan fingerprint density at radius 2 is 1.07 bits per heavy atom. The van der Waals surface area contributed by atoms with E-state index in [2.05, 4.69) is 199 Å². The monoisotopic (exact) mass is 785 g/mol. The van der Waals surface area contributed by atoms with Crippen molar-refractivity contribution in [2.75, 3.05) is 4.90 Å². The zero-order chi connectivity index (χ0) is 38.6. The van der Waals surface area contributed by atoms with Gasteiger partial charge in [-0.15, -0.1) is 22.7 Å². The lowest BCUT2D eigenvalue weighted by atomic mass is 9.75. The first kappa shape index (κ1) is 33.2. The maximum atomic E-state index is 2.46. The van der Waals surface area contributed by atoms with Gasteiger partial charge >= 0.3 is 0 Å². The number of anilines is 3. The molecular weight excluding hydrogens is 751 g/mol. The third-order valence-electron chi connectivity index (χ3n) is 12.8.